The minimum Gasteiger partial charge on any atom is -0.345 e. The molecule has 0 aliphatic heterocycles. The molecule has 0 radical (unpaired) electrons. The van der Waals surface area contributed by atoms with E-state index < -0.39 is 10.0 Å². The molecule has 0 unspecified atom stereocenters. The summed E-state index contributed by atoms with van der Waals surface area (Å²) in [6.07, 6.45) is 0.780. The maximum atomic E-state index is 13.1. The number of hydrogen-bond donors (Lipinski definition) is 2. The number of rotatable bonds is 8. The molecular formula is C26H30N2O3S. The SMILES string of the molecule is Cc1ccc(NS(=O)(=O)c2cc(C(=O)N[C@@H](CC(C)C)c3ccccc3)ccc2C)cc1. The van der Waals surface area contributed by atoms with Gasteiger partial charge >= 0.3 is 0 Å². The number of sulfonamides is 1. The van der Waals surface area contributed by atoms with Crippen molar-refractivity contribution in [1.29, 1.82) is 0 Å². The summed E-state index contributed by atoms with van der Waals surface area (Å²) in [5, 5.41) is 3.08. The largest absolute Gasteiger partial charge is 0.345 e. The summed E-state index contributed by atoms with van der Waals surface area (Å²) in [4.78, 5) is 13.2. The molecule has 32 heavy (non-hydrogen) atoms. The number of benzene rings is 3. The van der Waals surface area contributed by atoms with Crippen LogP contribution in [-0.2, 0) is 10.0 Å². The molecule has 0 saturated carbocycles. The van der Waals surface area contributed by atoms with E-state index in [4.69, 9.17) is 0 Å². The van der Waals surface area contributed by atoms with Crippen molar-refractivity contribution in [3.63, 3.8) is 0 Å². The van der Waals surface area contributed by atoms with Crippen molar-refractivity contribution in [2.24, 2.45) is 5.92 Å². The van der Waals surface area contributed by atoms with E-state index in [1.54, 1.807) is 31.2 Å². The van der Waals surface area contributed by atoms with Gasteiger partial charge in [0.15, 0.2) is 0 Å². The molecule has 3 aromatic carbocycles. The predicted octanol–water partition coefficient (Wildman–Crippen LogP) is 5.62. The van der Waals surface area contributed by atoms with E-state index in [-0.39, 0.29) is 16.8 Å². The zero-order chi connectivity index (χ0) is 23.3. The van der Waals surface area contributed by atoms with Crippen molar-refractivity contribution in [2.75, 3.05) is 4.72 Å². The smallest absolute Gasteiger partial charge is 0.262 e. The van der Waals surface area contributed by atoms with Gasteiger partial charge in [0.25, 0.3) is 15.9 Å². The second-order valence-corrected chi connectivity index (χ2v) is 10.2. The normalized spacial score (nSPS) is 12.4. The molecule has 0 aromatic heterocycles. The Bertz CT molecular complexity index is 1170. The number of anilines is 1. The number of aryl methyl sites for hydroxylation is 2. The molecule has 3 rings (SSSR count). The second kappa shape index (κ2) is 10.0. The number of hydrogen-bond acceptors (Lipinski definition) is 3. The molecule has 5 nitrogen and oxygen atoms in total. The molecule has 3 aromatic rings. The van der Waals surface area contributed by atoms with Crippen LogP contribution in [0.5, 0.6) is 0 Å². The van der Waals surface area contributed by atoms with E-state index in [2.05, 4.69) is 23.9 Å². The number of nitrogens with one attached hydrogen (secondary N) is 2. The van der Waals surface area contributed by atoms with Gasteiger partial charge in [-0.1, -0.05) is 67.9 Å². The van der Waals surface area contributed by atoms with Crippen molar-refractivity contribution in [3.8, 4) is 0 Å². The first-order chi connectivity index (χ1) is 15.2. The molecule has 0 aliphatic carbocycles. The Morgan fingerprint density at radius 2 is 1.56 bits per heavy atom. The molecule has 1 atom stereocenters. The first kappa shape index (κ1) is 23.5. The topological polar surface area (TPSA) is 75.3 Å². The van der Waals surface area contributed by atoms with Gasteiger partial charge in [-0.3, -0.25) is 9.52 Å². The second-order valence-electron chi connectivity index (χ2n) is 8.52. The summed E-state index contributed by atoms with van der Waals surface area (Å²) >= 11 is 0. The molecule has 1 amide bonds. The third-order valence-corrected chi connectivity index (χ3v) is 6.78. The lowest BCUT2D eigenvalue weighted by Crippen LogP contribution is -2.29. The van der Waals surface area contributed by atoms with Crippen molar-refractivity contribution in [1.82, 2.24) is 5.32 Å². The number of carbonyl (C=O) groups excluding carboxylic acids is 1. The van der Waals surface area contributed by atoms with Crippen LogP contribution in [0, 0.1) is 19.8 Å². The van der Waals surface area contributed by atoms with Crippen LogP contribution < -0.4 is 10.0 Å². The van der Waals surface area contributed by atoms with E-state index in [1.165, 1.54) is 6.07 Å². The van der Waals surface area contributed by atoms with Crippen LogP contribution in [0.4, 0.5) is 5.69 Å². The number of amides is 1. The highest BCUT2D eigenvalue weighted by Gasteiger charge is 2.21. The Balaban J connectivity index is 1.86. The van der Waals surface area contributed by atoms with Crippen LogP contribution in [0.15, 0.2) is 77.7 Å². The molecule has 6 heteroatoms. The van der Waals surface area contributed by atoms with Crippen LogP contribution in [0.1, 0.15) is 53.4 Å². The summed E-state index contributed by atoms with van der Waals surface area (Å²) < 4.78 is 28.7. The summed E-state index contributed by atoms with van der Waals surface area (Å²) in [6.45, 7) is 7.87. The molecule has 2 N–H and O–H groups in total. The lowest BCUT2D eigenvalue weighted by atomic mass is 9.96. The molecule has 168 valence electrons. The average Bonchev–Trinajstić information content (AvgIpc) is 2.75. The fourth-order valence-electron chi connectivity index (χ4n) is 3.54. The van der Waals surface area contributed by atoms with Crippen LogP contribution in [-0.4, -0.2) is 14.3 Å². The van der Waals surface area contributed by atoms with E-state index in [9.17, 15) is 13.2 Å². The zero-order valence-corrected chi connectivity index (χ0v) is 19.7. The first-order valence-corrected chi connectivity index (χ1v) is 12.2. The van der Waals surface area contributed by atoms with Gasteiger partial charge in [0.05, 0.1) is 10.9 Å². The zero-order valence-electron chi connectivity index (χ0n) is 18.9. The monoisotopic (exact) mass is 450 g/mol. The van der Waals surface area contributed by atoms with Gasteiger partial charge < -0.3 is 5.32 Å². The fourth-order valence-corrected chi connectivity index (χ4v) is 4.87. The Labute approximate surface area is 190 Å². The van der Waals surface area contributed by atoms with Crippen molar-refractivity contribution in [3.05, 3.63) is 95.1 Å². The summed E-state index contributed by atoms with van der Waals surface area (Å²) in [5.74, 6) is 0.0828. The van der Waals surface area contributed by atoms with Crippen LogP contribution >= 0.6 is 0 Å². The van der Waals surface area contributed by atoms with Crippen LogP contribution in [0.3, 0.4) is 0 Å². The third-order valence-electron chi connectivity index (χ3n) is 5.26. The van der Waals surface area contributed by atoms with Crippen molar-refractivity contribution >= 4 is 21.6 Å². The van der Waals surface area contributed by atoms with Gasteiger partial charge in [0.1, 0.15) is 0 Å². The fraction of sp³-hybridized carbons (Fsp3) is 0.269. The minimum atomic E-state index is -3.84. The van der Waals surface area contributed by atoms with Crippen molar-refractivity contribution < 1.29 is 13.2 Å². The highest BCUT2D eigenvalue weighted by atomic mass is 32.2. The number of carbonyl (C=O) groups is 1. The van der Waals surface area contributed by atoms with Crippen LogP contribution in [0.2, 0.25) is 0 Å². The van der Waals surface area contributed by atoms with E-state index in [1.807, 2.05) is 49.4 Å². The maximum absolute atomic E-state index is 13.1. The molecule has 0 aliphatic rings. The maximum Gasteiger partial charge on any atom is 0.262 e. The van der Waals surface area contributed by atoms with Gasteiger partial charge in [-0.15, -0.1) is 0 Å². The van der Waals surface area contributed by atoms with Gasteiger partial charge in [-0.2, -0.15) is 0 Å². The van der Waals surface area contributed by atoms with E-state index in [0.717, 1.165) is 17.5 Å². The molecule has 0 fully saturated rings. The molecule has 0 spiro atoms. The van der Waals surface area contributed by atoms with Gasteiger partial charge in [0, 0.05) is 11.3 Å². The van der Waals surface area contributed by atoms with E-state index >= 15 is 0 Å². The summed E-state index contributed by atoms with van der Waals surface area (Å²) in [7, 11) is -3.84. The minimum absolute atomic E-state index is 0.0887. The molecule has 0 bridgehead atoms. The van der Waals surface area contributed by atoms with E-state index in [0.29, 0.717) is 22.7 Å². The standard InChI is InChI=1S/C26H30N2O3S/c1-18(2)16-24(21-8-6-5-7-9-21)27-26(29)22-13-12-20(4)25(17-22)32(30,31)28-23-14-10-19(3)11-15-23/h5-15,17-18,24,28H,16H2,1-4H3,(H,27,29)/t24-/m0/s1. The summed E-state index contributed by atoms with van der Waals surface area (Å²) in [6, 6.07) is 21.5. The Kier molecular flexibility index (Phi) is 7.36. The van der Waals surface area contributed by atoms with Gasteiger partial charge in [-0.25, -0.2) is 8.42 Å². The van der Waals surface area contributed by atoms with Gasteiger partial charge in [0.2, 0.25) is 0 Å². The van der Waals surface area contributed by atoms with Crippen molar-refractivity contribution in [2.45, 2.75) is 45.1 Å². The predicted molar refractivity (Wildman–Crippen MR) is 129 cm³/mol. The van der Waals surface area contributed by atoms with Crippen LogP contribution in [0.25, 0.3) is 0 Å². The Morgan fingerprint density at radius 3 is 2.19 bits per heavy atom. The quantitative estimate of drug-likeness (QED) is 0.468. The lowest BCUT2D eigenvalue weighted by Gasteiger charge is -2.21. The highest BCUT2D eigenvalue weighted by Crippen LogP contribution is 2.24. The Hall–Kier alpha value is -3.12. The highest BCUT2D eigenvalue weighted by molar-refractivity contribution is 7.92. The van der Waals surface area contributed by atoms with Gasteiger partial charge in [-0.05, 0) is 61.6 Å². The average molecular weight is 451 g/mol. The lowest BCUT2D eigenvalue weighted by molar-refractivity contribution is 0.0931. The Morgan fingerprint density at radius 1 is 0.906 bits per heavy atom. The third kappa shape index (κ3) is 5.98. The first-order valence-electron chi connectivity index (χ1n) is 10.7. The molecule has 0 heterocycles. The molecule has 0 saturated heterocycles. The molecular weight excluding hydrogens is 420 g/mol. The summed E-state index contributed by atoms with van der Waals surface area (Å²) in [5.41, 5.74) is 3.42.